The average Bonchev–Trinajstić information content (AvgIpc) is 2.05. The number of hydrogen-bond donors (Lipinski definition) is 0. The molecule has 1 aliphatic rings. The molecule has 0 aromatic carbocycles. The fraction of sp³-hybridized carbons (Fsp3) is 1.00. The third-order valence-corrected chi connectivity index (χ3v) is 2.89. The van der Waals surface area contributed by atoms with E-state index in [9.17, 15) is 4.20 Å². The lowest BCUT2D eigenvalue weighted by atomic mass is 9.96. The predicted octanol–water partition coefficient (Wildman–Crippen LogP) is 2.73. The first-order valence-electron chi connectivity index (χ1n) is 3.93. The predicted molar refractivity (Wildman–Crippen MR) is 44.1 cm³/mol. The molecular formula is C7H15FNP. The van der Waals surface area contributed by atoms with Crippen molar-refractivity contribution in [2.45, 2.75) is 38.1 Å². The average molecular weight is 163 g/mol. The Bertz CT molecular complexity index is 93.6. The van der Waals surface area contributed by atoms with Crippen LogP contribution in [-0.4, -0.2) is 17.8 Å². The summed E-state index contributed by atoms with van der Waals surface area (Å²) in [5.74, 6) is 0. The molecule has 1 atom stereocenters. The fourth-order valence-corrected chi connectivity index (χ4v) is 1.93. The van der Waals surface area contributed by atoms with E-state index in [4.69, 9.17) is 0 Å². The molecule has 0 N–H and O–H groups in total. The third-order valence-electron chi connectivity index (χ3n) is 2.26. The molecule has 0 radical (unpaired) electrons. The van der Waals surface area contributed by atoms with Gasteiger partial charge < -0.3 is 0 Å². The van der Waals surface area contributed by atoms with Gasteiger partial charge in [-0.15, -0.1) is 0 Å². The van der Waals surface area contributed by atoms with Crippen LogP contribution in [0.3, 0.4) is 0 Å². The molecule has 0 saturated heterocycles. The van der Waals surface area contributed by atoms with Crippen LogP contribution < -0.4 is 0 Å². The SMILES string of the molecule is CN(PF)C1CCCCC1. The second-order valence-corrected chi connectivity index (χ2v) is 3.86. The number of hydrogen-bond acceptors (Lipinski definition) is 1. The molecular weight excluding hydrogens is 148 g/mol. The monoisotopic (exact) mass is 163 g/mol. The second-order valence-electron chi connectivity index (χ2n) is 2.99. The van der Waals surface area contributed by atoms with Crippen LogP contribution in [0.15, 0.2) is 0 Å². The Balaban J connectivity index is 2.24. The second kappa shape index (κ2) is 4.25. The van der Waals surface area contributed by atoms with E-state index in [0.29, 0.717) is 6.04 Å². The summed E-state index contributed by atoms with van der Waals surface area (Å²) in [6.07, 6.45) is 6.33. The lowest BCUT2D eigenvalue weighted by molar-refractivity contribution is 0.295. The molecule has 1 unspecified atom stereocenters. The highest BCUT2D eigenvalue weighted by molar-refractivity contribution is 7.28. The zero-order valence-electron chi connectivity index (χ0n) is 6.44. The van der Waals surface area contributed by atoms with Crippen LogP contribution in [-0.2, 0) is 0 Å². The molecule has 0 aromatic rings. The van der Waals surface area contributed by atoms with Crippen molar-refractivity contribution in [2.75, 3.05) is 7.05 Å². The summed E-state index contributed by atoms with van der Waals surface area (Å²) in [6, 6.07) is 0.539. The van der Waals surface area contributed by atoms with E-state index in [1.165, 1.54) is 32.1 Å². The summed E-state index contributed by atoms with van der Waals surface area (Å²) in [6.45, 7) is 0. The van der Waals surface area contributed by atoms with Crippen LogP contribution in [0.2, 0.25) is 0 Å². The van der Waals surface area contributed by atoms with E-state index < -0.39 is 9.04 Å². The van der Waals surface area contributed by atoms with Gasteiger partial charge in [0, 0.05) is 6.04 Å². The van der Waals surface area contributed by atoms with E-state index >= 15 is 0 Å². The van der Waals surface area contributed by atoms with E-state index in [-0.39, 0.29) is 0 Å². The Kier molecular flexibility index (Phi) is 3.58. The van der Waals surface area contributed by atoms with Crippen molar-refractivity contribution >= 4 is 9.04 Å². The van der Waals surface area contributed by atoms with Crippen molar-refractivity contribution in [3.8, 4) is 0 Å². The first-order valence-corrected chi connectivity index (χ1v) is 4.76. The Morgan fingerprint density at radius 1 is 1.30 bits per heavy atom. The summed E-state index contributed by atoms with van der Waals surface area (Å²) < 4.78 is 14.0. The fourth-order valence-electron chi connectivity index (χ4n) is 1.54. The molecule has 0 bridgehead atoms. The molecule has 1 aliphatic carbocycles. The number of halogens is 1. The molecule has 1 fully saturated rings. The molecule has 0 heterocycles. The Labute approximate surface area is 63.9 Å². The highest BCUT2D eigenvalue weighted by Crippen LogP contribution is 2.29. The first kappa shape index (κ1) is 8.42. The largest absolute Gasteiger partial charge is 0.258 e. The zero-order valence-corrected chi connectivity index (χ0v) is 7.44. The van der Waals surface area contributed by atoms with Gasteiger partial charge in [-0.2, -0.15) is 0 Å². The van der Waals surface area contributed by atoms with Crippen LogP contribution >= 0.6 is 9.04 Å². The molecule has 60 valence electrons. The van der Waals surface area contributed by atoms with Crippen LogP contribution in [0.5, 0.6) is 0 Å². The number of nitrogens with zero attached hydrogens (tertiary/aromatic N) is 1. The van der Waals surface area contributed by atoms with E-state index in [2.05, 4.69) is 0 Å². The molecule has 1 nitrogen and oxygen atoms in total. The van der Waals surface area contributed by atoms with Crippen LogP contribution in [0.1, 0.15) is 32.1 Å². The molecule has 3 heteroatoms. The summed E-state index contributed by atoms with van der Waals surface area (Å²) in [5.41, 5.74) is 0. The number of rotatable bonds is 2. The Morgan fingerprint density at radius 2 is 1.90 bits per heavy atom. The van der Waals surface area contributed by atoms with Crippen molar-refractivity contribution < 1.29 is 4.20 Å². The van der Waals surface area contributed by atoms with Crippen LogP contribution in [0.25, 0.3) is 0 Å². The molecule has 0 aliphatic heterocycles. The van der Waals surface area contributed by atoms with Gasteiger partial charge in [-0.25, -0.2) is 4.20 Å². The molecule has 0 spiro atoms. The van der Waals surface area contributed by atoms with E-state index in [1.807, 2.05) is 11.7 Å². The normalized spacial score (nSPS) is 23.1. The smallest absolute Gasteiger partial charge is 0.142 e. The third kappa shape index (κ3) is 2.17. The summed E-state index contributed by atoms with van der Waals surface area (Å²) >= 11 is 0. The summed E-state index contributed by atoms with van der Waals surface area (Å²) in [5, 5.41) is 0. The summed E-state index contributed by atoms with van der Waals surface area (Å²) in [7, 11) is 1.38. The minimum Gasteiger partial charge on any atom is -0.258 e. The van der Waals surface area contributed by atoms with Crippen molar-refractivity contribution in [3.63, 3.8) is 0 Å². The Hall–Kier alpha value is 0.320. The standard InChI is InChI=1S/C7H15FNP/c1-9(10-8)7-5-3-2-4-6-7/h7,10H,2-6H2,1H3. The topological polar surface area (TPSA) is 3.24 Å². The van der Waals surface area contributed by atoms with Gasteiger partial charge >= 0.3 is 0 Å². The van der Waals surface area contributed by atoms with Crippen molar-refractivity contribution in [1.29, 1.82) is 0 Å². The van der Waals surface area contributed by atoms with E-state index in [0.717, 1.165) is 0 Å². The van der Waals surface area contributed by atoms with Gasteiger partial charge in [-0.3, -0.25) is 4.67 Å². The van der Waals surface area contributed by atoms with Crippen molar-refractivity contribution in [3.05, 3.63) is 0 Å². The van der Waals surface area contributed by atoms with Gasteiger partial charge in [-0.05, 0) is 19.9 Å². The van der Waals surface area contributed by atoms with Crippen molar-refractivity contribution in [2.24, 2.45) is 0 Å². The van der Waals surface area contributed by atoms with Crippen molar-refractivity contribution in [1.82, 2.24) is 4.67 Å². The van der Waals surface area contributed by atoms with Gasteiger partial charge in [0.05, 0.1) is 0 Å². The zero-order chi connectivity index (χ0) is 7.40. The Morgan fingerprint density at radius 3 is 2.40 bits per heavy atom. The summed E-state index contributed by atoms with van der Waals surface area (Å²) in [4.78, 5) is 0. The minimum absolute atomic E-state index is 0.504. The molecule has 0 aromatic heterocycles. The quantitative estimate of drug-likeness (QED) is 0.566. The highest BCUT2D eigenvalue weighted by Gasteiger charge is 2.17. The van der Waals surface area contributed by atoms with Gasteiger partial charge in [-0.1, -0.05) is 19.3 Å². The minimum atomic E-state index is -0.504. The van der Waals surface area contributed by atoms with Crippen LogP contribution in [0.4, 0.5) is 4.20 Å². The maximum Gasteiger partial charge on any atom is 0.142 e. The maximum atomic E-state index is 12.1. The van der Waals surface area contributed by atoms with Gasteiger partial charge in [0.2, 0.25) is 0 Å². The first-order chi connectivity index (χ1) is 4.84. The lowest BCUT2D eigenvalue weighted by Gasteiger charge is -2.27. The van der Waals surface area contributed by atoms with Gasteiger partial charge in [0.25, 0.3) is 0 Å². The lowest BCUT2D eigenvalue weighted by Crippen LogP contribution is -2.26. The van der Waals surface area contributed by atoms with Gasteiger partial charge in [0.1, 0.15) is 9.04 Å². The van der Waals surface area contributed by atoms with E-state index in [1.54, 1.807) is 0 Å². The molecule has 1 rings (SSSR count). The molecule has 10 heavy (non-hydrogen) atoms. The molecule has 0 amide bonds. The molecule has 1 saturated carbocycles. The van der Waals surface area contributed by atoms with Crippen LogP contribution in [0, 0.1) is 0 Å². The highest BCUT2D eigenvalue weighted by atomic mass is 31.1. The van der Waals surface area contributed by atoms with Gasteiger partial charge in [0.15, 0.2) is 0 Å². The maximum absolute atomic E-state index is 12.1.